The smallest absolute Gasteiger partial charge is 0.161 e. The minimum Gasteiger partial charge on any atom is -0.490 e. The van der Waals surface area contributed by atoms with E-state index in [-0.39, 0.29) is 6.10 Å². The van der Waals surface area contributed by atoms with E-state index in [1.54, 1.807) is 0 Å². The molecule has 1 saturated heterocycles. The molecule has 1 fully saturated rings. The van der Waals surface area contributed by atoms with E-state index in [0.717, 1.165) is 31.2 Å². The van der Waals surface area contributed by atoms with Crippen LogP contribution in [-0.2, 0) is 4.74 Å². The Labute approximate surface area is 108 Å². The molecule has 1 aromatic rings. The molecular weight excluding hydrogens is 230 g/mol. The summed E-state index contributed by atoms with van der Waals surface area (Å²) in [6, 6.07) is 7.75. The molecule has 4 heteroatoms. The average molecular weight is 251 g/mol. The normalized spacial score (nSPS) is 20.7. The molecule has 1 atom stereocenters. The van der Waals surface area contributed by atoms with Crippen LogP contribution in [0, 0.1) is 0 Å². The van der Waals surface area contributed by atoms with E-state index in [2.05, 4.69) is 11.9 Å². The van der Waals surface area contributed by atoms with Gasteiger partial charge in [-0.25, -0.2) is 0 Å². The molecule has 0 bridgehead atoms. The average Bonchev–Trinajstić information content (AvgIpc) is 2.38. The van der Waals surface area contributed by atoms with Crippen LogP contribution in [0.1, 0.15) is 6.92 Å². The Bertz CT molecular complexity index is 370. The monoisotopic (exact) mass is 251 g/mol. The molecule has 0 aliphatic carbocycles. The Morgan fingerprint density at radius 2 is 2.00 bits per heavy atom. The summed E-state index contributed by atoms with van der Waals surface area (Å²) in [7, 11) is 2.10. The third kappa shape index (κ3) is 3.62. The molecule has 0 aromatic heterocycles. The number of hydrogen-bond acceptors (Lipinski definition) is 4. The van der Waals surface area contributed by atoms with E-state index in [9.17, 15) is 0 Å². The maximum absolute atomic E-state index is 5.80. The predicted octanol–water partition coefficient (Wildman–Crippen LogP) is 1.79. The molecule has 0 radical (unpaired) electrons. The maximum Gasteiger partial charge on any atom is 0.161 e. The van der Waals surface area contributed by atoms with E-state index < -0.39 is 0 Å². The van der Waals surface area contributed by atoms with Gasteiger partial charge < -0.3 is 19.1 Å². The van der Waals surface area contributed by atoms with Gasteiger partial charge in [0, 0.05) is 13.1 Å². The maximum atomic E-state index is 5.80. The number of morpholine rings is 1. The van der Waals surface area contributed by atoms with E-state index in [1.165, 1.54) is 0 Å². The van der Waals surface area contributed by atoms with Crippen molar-refractivity contribution >= 4 is 0 Å². The number of likely N-dealkylation sites (N-methyl/N-ethyl adjacent to an activating group) is 1. The summed E-state index contributed by atoms with van der Waals surface area (Å²) in [6.07, 6.45) is 0.137. The highest BCUT2D eigenvalue weighted by molar-refractivity contribution is 5.39. The van der Waals surface area contributed by atoms with Crippen molar-refractivity contribution in [3.8, 4) is 11.5 Å². The number of para-hydroxylation sites is 2. The summed E-state index contributed by atoms with van der Waals surface area (Å²) in [5.41, 5.74) is 0. The van der Waals surface area contributed by atoms with Gasteiger partial charge >= 0.3 is 0 Å². The summed E-state index contributed by atoms with van der Waals surface area (Å²) in [6.45, 7) is 5.86. The summed E-state index contributed by atoms with van der Waals surface area (Å²) >= 11 is 0. The van der Waals surface area contributed by atoms with Gasteiger partial charge in [0.25, 0.3) is 0 Å². The lowest BCUT2D eigenvalue weighted by Crippen LogP contribution is -2.42. The predicted molar refractivity (Wildman–Crippen MR) is 70.3 cm³/mol. The van der Waals surface area contributed by atoms with Gasteiger partial charge in [-0.1, -0.05) is 12.1 Å². The van der Waals surface area contributed by atoms with Crippen LogP contribution in [0.2, 0.25) is 0 Å². The molecule has 0 N–H and O–H groups in total. The van der Waals surface area contributed by atoms with Crippen molar-refractivity contribution in [3.05, 3.63) is 24.3 Å². The van der Waals surface area contributed by atoms with Crippen LogP contribution in [-0.4, -0.2) is 51.0 Å². The lowest BCUT2D eigenvalue weighted by atomic mass is 10.3. The molecule has 2 rings (SSSR count). The Morgan fingerprint density at radius 1 is 1.28 bits per heavy atom. The van der Waals surface area contributed by atoms with Crippen molar-refractivity contribution in [2.45, 2.75) is 13.0 Å². The van der Waals surface area contributed by atoms with Crippen LogP contribution in [0.25, 0.3) is 0 Å². The van der Waals surface area contributed by atoms with Crippen LogP contribution in [0.4, 0.5) is 0 Å². The van der Waals surface area contributed by atoms with E-state index >= 15 is 0 Å². The van der Waals surface area contributed by atoms with Crippen molar-refractivity contribution in [1.82, 2.24) is 4.90 Å². The number of nitrogens with zero attached hydrogens (tertiary/aromatic N) is 1. The third-order valence-electron chi connectivity index (χ3n) is 2.92. The number of benzene rings is 1. The van der Waals surface area contributed by atoms with Gasteiger partial charge in [-0.15, -0.1) is 0 Å². The zero-order chi connectivity index (χ0) is 12.8. The van der Waals surface area contributed by atoms with Gasteiger partial charge in [0.1, 0.15) is 12.7 Å². The molecular formula is C14H21NO3. The number of hydrogen-bond donors (Lipinski definition) is 0. The Morgan fingerprint density at radius 3 is 2.67 bits per heavy atom. The Kier molecular flexibility index (Phi) is 4.84. The van der Waals surface area contributed by atoms with Gasteiger partial charge in [-0.2, -0.15) is 0 Å². The van der Waals surface area contributed by atoms with Crippen LogP contribution in [0.5, 0.6) is 11.5 Å². The van der Waals surface area contributed by atoms with Gasteiger partial charge in [-0.3, -0.25) is 0 Å². The lowest BCUT2D eigenvalue weighted by Gasteiger charge is -2.29. The zero-order valence-electron chi connectivity index (χ0n) is 11.1. The van der Waals surface area contributed by atoms with E-state index in [0.29, 0.717) is 13.2 Å². The highest BCUT2D eigenvalue weighted by Gasteiger charge is 2.18. The molecule has 1 aromatic carbocycles. The fourth-order valence-electron chi connectivity index (χ4n) is 1.99. The molecule has 0 saturated carbocycles. The SMILES string of the molecule is CCOc1ccccc1OC[C@H]1CN(C)CCO1. The van der Waals surface area contributed by atoms with Gasteiger partial charge in [0.15, 0.2) is 11.5 Å². The van der Waals surface area contributed by atoms with Crippen molar-refractivity contribution < 1.29 is 14.2 Å². The largest absolute Gasteiger partial charge is 0.490 e. The van der Waals surface area contributed by atoms with Crippen molar-refractivity contribution in [2.24, 2.45) is 0 Å². The van der Waals surface area contributed by atoms with Gasteiger partial charge in [0.05, 0.1) is 13.2 Å². The standard InChI is InChI=1S/C14H21NO3/c1-3-16-13-6-4-5-7-14(13)18-11-12-10-15(2)8-9-17-12/h4-7,12H,3,8-11H2,1-2H3/t12-/m1/s1. The van der Waals surface area contributed by atoms with Gasteiger partial charge in [-0.05, 0) is 26.1 Å². The highest BCUT2D eigenvalue weighted by Crippen LogP contribution is 2.26. The number of ether oxygens (including phenoxy) is 3. The number of rotatable bonds is 5. The Balaban J connectivity index is 1.89. The molecule has 4 nitrogen and oxygen atoms in total. The minimum absolute atomic E-state index is 0.137. The second-order valence-electron chi connectivity index (χ2n) is 4.45. The minimum atomic E-state index is 0.137. The third-order valence-corrected chi connectivity index (χ3v) is 2.92. The topological polar surface area (TPSA) is 30.9 Å². The molecule has 0 unspecified atom stereocenters. The fourth-order valence-corrected chi connectivity index (χ4v) is 1.99. The summed E-state index contributed by atoms with van der Waals surface area (Å²) in [5.74, 6) is 1.58. The summed E-state index contributed by atoms with van der Waals surface area (Å²) in [4.78, 5) is 2.26. The van der Waals surface area contributed by atoms with Crippen molar-refractivity contribution in [3.63, 3.8) is 0 Å². The van der Waals surface area contributed by atoms with Crippen molar-refractivity contribution in [1.29, 1.82) is 0 Å². The van der Waals surface area contributed by atoms with E-state index in [1.807, 2.05) is 31.2 Å². The Hall–Kier alpha value is -1.26. The summed E-state index contributed by atoms with van der Waals surface area (Å²) < 4.78 is 17.0. The lowest BCUT2D eigenvalue weighted by molar-refractivity contribution is -0.0406. The summed E-state index contributed by atoms with van der Waals surface area (Å²) in [5, 5.41) is 0. The molecule has 18 heavy (non-hydrogen) atoms. The quantitative estimate of drug-likeness (QED) is 0.798. The van der Waals surface area contributed by atoms with Crippen LogP contribution < -0.4 is 9.47 Å². The molecule has 1 aliphatic rings. The second-order valence-corrected chi connectivity index (χ2v) is 4.45. The molecule has 100 valence electrons. The first-order chi connectivity index (χ1) is 8.79. The zero-order valence-corrected chi connectivity index (χ0v) is 11.1. The highest BCUT2D eigenvalue weighted by atomic mass is 16.5. The van der Waals surface area contributed by atoms with Crippen LogP contribution in [0.15, 0.2) is 24.3 Å². The van der Waals surface area contributed by atoms with Gasteiger partial charge in [0.2, 0.25) is 0 Å². The first-order valence-corrected chi connectivity index (χ1v) is 6.44. The second kappa shape index (κ2) is 6.61. The fraction of sp³-hybridized carbons (Fsp3) is 0.571. The molecule has 1 heterocycles. The van der Waals surface area contributed by atoms with Crippen molar-refractivity contribution in [2.75, 3.05) is 40.0 Å². The van der Waals surface area contributed by atoms with E-state index in [4.69, 9.17) is 14.2 Å². The van der Waals surface area contributed by atoms with Crippen LogP contribution in [0.3, 0.4) is 0 Å². The first-order valence-electron chi connectivity index (χ1n) is 6.44. The first kappa shape index (κ1) is 13.2. The molecule has 0 spiro atoms. The molecule has 1 aliphatic heterocycles. The van der Waals surface area contributed by atoms with Crippen LogP contribution >= 0.6 is 0 Å². The molecule has 0 amide bonds.